The van der Waals surface area contributed by atoms with E-state index in [1.54, 1.807) is 0 Å². The lowest BCUT2D eigenvalue weighted by molar-refractivity contribution is 0.150. The molecule has 3 rings (SSSR count). The molecule has 1 N–H and O–H groups in total. The van der Waals surface area contributed by atoms with Crippen LogP contribution in [0.5, 0.6) is 5.75 Å². The standard InChI is InChI=1S/C15H21NOS/c1-15(6-9-18-10-7-15)11-17-14-4-2-3-13-12(14)5-8-16-13/h2-4,16H,5-11H2,1H3. The molecule has 0 radical (unpaired) electrons. The highest BCUT2D eigenvalue weighted by molar-refractivity contribution is 7.99. The Morgan fingerprint density at radius 1 is 1.33 bits per heavy atom. The second-order valence-corrected chi connectivity index (χ2v) is 6.90. The minimum absolute atomic E-state index is 0.375. The molecular weight excluding hydrogens is 242 g/mol. The molecule has 0 atom stereocenters. The molecule has 1 aromatic carbocycles. The SMILES string of the molecule is CC1(COc2cccc3c2CCN3)CCSCC1. The number of hydrogen-bond donors (Lipinski definition) is 1. The molecule has 3 heteroatoms. The van der Waals surface area contributed by atoms with Gasteiger partial charge in [-0.2, -0.15) is 11.8 Å². The highest BCUT2D eigenvalue weighted by Crippen LogP contribution is 2.37. The van der Waals surface area contributed by atoms with Crippen molar-refractivity contribution in [2.24, 2.45) is 5.41 Å². The van der Waals surface area contributed by atoms with Crippen LogP contribution < -0.4 is 10.1 Å². The molecule has 0 bridgehead atoms. The van der Waals surface area contributed by atoms with Gasteiger partial charge < -0.3 is 10.1 Å². The zero-order valence-electron chi connectivity index (χ0n) is 11.0. The Labute approximate surface area is 113 Å². The van der Waals surface area contributed by atoms with Gasteiger partial charge in [0.15, 0.2) is 0 Å². The fourth-order valence-corrected chi connectivity index (χ4v) is 4.19. The highest BCUT2D eigenvalue weighted by Gasteiger charge is 2.28. The Morgan fingerprint density at radius 2 is 2.17 bits per heavy atom. The van der Waals surface area contributed by atoms with Crippen molar-refractivity contribution in [1.82, 2.24) is 0 Å². The lowest BCUT2D eigenvalue weighted by Gasteiger charge is -2.33. The molecule has 0 aliphatic carbocycles. The van der Waals surface area contributed by atoms with E-state index >= 15 is 0 Å². The number of benzene rings is 1. The number of ether oxygens (including phenoxy) is 1. The largest absolute Gasteiger partial charge is 0.493 e. The fourth-order valence-electron chi connectivity index (χ4n) is 2.71. The summed E-state index contributed by atoms with van der Waals surface area (Å²) in [6, 6.07) is 6.35. The third-order valence-corrected chi connectivity index (χ3v) is 5.09. The summed E-state index contributed by atoms with van der Waals surface area (Å²) in [6.07, 6.45) is 3.66. The maximum Gasteiger partial charge on any atom is 0.124 e. The zero-order chi connectivity index (χ0) is 12.4. The first-order valence-electron chi connectivity index (χ1n) is 6.83. The second kappa shape index (κ2) is 5.04. The zero-order valence-corrected chi connectivity index (χ0v) is 11.8. The van der Waals surface area contributed by atoms with Crippen LogP contribution in [-0.4, -0.2) is 24.7 Å². The average Bonchev–Trinajstić information content (AvgIpc) is 2.86. The summed E-state index contributed by atoms with van der Waals surface area (Å²) in [5.41, 5.74) is 3.00. The van der Waals surface area contributed by atoms with E-state index in [-0.39, 0.29) is 0 Å². The number of anilines is 1. The van der Waals surface area contributed by atoms with Crippen molar-refractivity contribution in [3.05, 3.63) is 23.8 Å². The van der Waals surface area contributed by atoms with Crippen LogP contribution in [0.1, 0.15) is 25.3 Å². The van der Waals surface area contributed by atoms with E-state index in [2.05, 4.69) is 42.2 Å². The van der Waals surface area contributed by atoms with Gasteiger partial charge in [-0.1, -0.05) is 13.0 Å². The van der Waals surface area contributed by atoms with Gasteiger partial charge in [-0.15, -0.1) is 0 Å². The molecule has 98 valence electrons. The molecule has 0 spiro atoms. The molecule has 18 heavy (non-hydrogen) atoms. The molecule has 2 nitrogen and oxygen atoms in total. The van der Waals surface area contributed by atoms with Crippen molar-refractivity contribution in [2.45, 2.75) is 26.2 Å². The smallest absolute Gasteiger partial charge is 0.124 e. The fraction of sp³-hybridized carbons (Fsp3) is 0.600. The van der Waals surface area contributed by atoms with E-state index in [0.717, 1.165) is 25.3 Å². The number of nitrogens with one attached hydrogen (secondary N) is 1. The van der Waals surface area contributed by atoms with E-state index in [0.29, 0.717) is 5.41 Å². The van der Waals surface area contributed by atoms with Crippen molar-refractivity contribution < 1.29 is 4.74 Å². The quantitative estimate of drug-likeness (QED) is 0.901. The van der Waals surface area contributed by atoms with Crippen LogP contribution in [0.2, 0.25) is 0 Å². The predicted molar refractivity (Wildman–Crippen MR) is 78.8 cm³/mol. The first-order valence-corrected chi connectivity index (χ1v) is 7.99. The maximum atomic E-state index is 6.14. The van der Waals surface area contributed by atoms with Gasteiger partial charge in [0.25, 0.3) is 0 Å². The van der Waals surface area contributed by atoms with Crippen LogP contribution in [0.3, 0.4) is 0 Å². The molecule has 0 saturated carbocycles. The molecule has 0 unspecified atom stereocenters. The number of thioether (sulfide) groups is 1. The number of hydrogen-bond acceptors (Lipinski definition) is 3. The molecule has 2 aliphatic rings. The van der Waals surface area contributed by atoms with Crippen LogP contribution in [0.25, 0.3) is 0 Å². The molecular formula is C15H21NOS. The van der Waals surface area contributed by atoms with Gasteiger partial charge in [0, 0.05) is 23.2 Å². The lowest BCUT2D eigenvalue weighted by atomic mass is 9.85. The number of fused-ring (bicyclic) bond motifs is 1. The van der Waals surface area contributed by atoms with Crippen molar-refractivity contribution >= 4 is 17.4 Å². The van der Waals surface area contributed by atoms with Gasteiger partial charge in [0.05, 0.1) is 6.61 Å². The number of rotatable bonds is 3. The maximum absolute atomic E-state index is 6.14. The van der Waals surface area contributed by atoms with Crippen molar-refractivity contribution in [3.63, 3.8) is 0 Å². The molecule has 1 saturated heterocycles. The predicted octanol–water partition coefficient (Wildman–Crippen LogP) is 3.57. The van der Waals surface area contributed by atoms with Gasteiger partial charge in [-0.25, -0.2) is 0 Å². The summed E-state index contributed by atoms with van der Waals surface area (Å²) in [5, 5.41) is 3.40. The Bertz CT molecular complexity index is 427. The Balaban J connectivity index is 1.68. The second-order valence-electron chi connectivity index (χ2n) is 5.67. The monoisotopic (exact) mass is 263 g/mol. The van der Waals surface area contributed by atoms with Crippen LogP contribution in [0.15, 0.2) is 18.2 Å². The van der Waals surface area contributed by atoms with Gasteiger partial charge in [-0.3, -0.25) is 0 Å². The topological polar surface area (TPSA) is 21.3 Å². The van der Waals surface area contributed by atoms with E-state index in [9.17, 15) is 0 Å². The summed E-state index contributed by atoms with van der Waals surface area (Å²) in [5.74, 6) is 3.67. The third-order valence-electron chi connectivity index (χ3n) is 4.10. The molecule has 0 amide bonds. The Morgan fingerprint density at radius 3 is 3.00 bits per heavy atom. The minimum Gasteiger partial charge on any atom is -0.493 e. The van der Waals surface area contributed by atoms with E-state index in [1.807, 2.05) is 0 Å². The third kappa shape index (κ3) is 2.46. The Kier molecular flexibility index (Phi) is 3.42. The van der Waals surface area contributed by atoms with Crippen molar-refractivity contribution in [2.75, 3.05) is 30.0 Å². The first-order chi connectivity index (χ1) is 8.77. The van der Waals surface area contributed by atoms with E-state index in [4.69, 9.17) is 4.74 Å². The van der Waals surface area contributed by atoms with Crippen molar-refractivity contribution in [3.8, 4) is 5.75 Å². The van der Waals surface area contributed by atoms with Gasteiger partial charge in [0.1, 0.15) is 5.75 Å². The minimum atomic E-state index is 0.375. The van der Waals surface area contributed by atoms with Crippen LogP contribution in [-0.2, 0) is 6.42 Å². The highest BCUT2D eigenvalue weighted by atomic mass is 32.2. The summed E-state index contributed by atoms with van der Waals surface area (Å²) in [4.78, 5) is 0. The summed E-state index contributed by atoms with van der Waals surface area (Å²) < 4.78 is 6.14. The van der Waals surface area contributed by atoms with Crippen molar-refractivity contribution in [1.29, 1.82) is 0 Å². The summed E-state index contributed by atoms with van der Waals surface area (Å²) in [6.45, 7) is 4.28. The van der Waals surface area contributed by atoms with Gasteiger partial charge >= 0.3 is 0 Å². The first kappa shape index (κ1) is 12.2. The summed E-state index contributed by atoms with van der Waals surface area (Å²) >= 11 is 2.07. The van der Waals surface area contributed by atoms with Crippen LogP contribution in [0.4, 0.5) is 5.69 Å². The normalized spacial score (nSPS) is 21.2. The van der Waals surface area contributed by atoms with Crippen LogP contribution in [0, 0.1) is 5.41 Å². The van der Waals surface area contributed by atoms with Gasteiger partial charge in [0.2, 0.25) is 0 Å². The molecule has 1 fully saturated rings. The van der Waals surface area contributed by atoms with E-state index < -0.39 is 0 Å². The van der Waals surface area contributed by atoms with E-state index in [1.165, 1.54) is 35.6 Å². The van der Waals surface area contributed by atoms with Crippen LogP contribution >= 0.6 is 11.8 Å². The molecule has 2 aliphatic heterocycles. The van der Waals surface area contributed by atoms with Gasteiger partial charge in [-0.05, 0) is 42.9 Å². The summed E-state index contributed by atoms with van der Waals surface area (Å²) in [7, 11) is 0. The molecule has 1 aromatic rings. The molecule has 2 heterocycles. The Hall–Kier alpha value is -0.830. The molecule has 0 aromatic heterocycles. The average molecular weight is 263 g/mol. The lowest BCUT2D eigenvalue weighted by Crippen LogP contribution is -2.29.